The molecule has 5 rings (SSSR count). The van der Waals surface area contributed by atoms with Gasteiger partial charge in [-0.2, -0.15) is 10.1 Å². The van der Waals surface area contributed by atoms with Crippen molar-refractivity contribution in [3.63, 3.8) is 0 Å². The zero-order chi connectivity index (χ0) is 24.0. The lowest BCUT2D eigenvalue weighted by atomic mass is 10.1. The Labute approximate surface area is 197 Å². The summed E-state index contributed by atoms with van der Waals surface area (Å²) in [6.07, 6.45) is 1.68. The van der Waals surface area contributed by atoms with Crippen LogP contribution in [0.1, 0.15) is 20.8 Å². The molecule has 3 aromatic heterocycles. The van der Waals surface area contributed by atoms with E-state index in [1.54, 1.807) is 24.2 Å². The van der Waals surface area contributed by atoms with Gasteiger partial charge in [0.05, 0.1) is 11.2 Å². The molecule has 0 bridgehead atoms. The lowest BCUT2D eigenvalue weighted by Gasteiger charge is -2.41. The maximum Gasteiger partial charge on any atom is 0.249 e. The Morgan fingerprint density at radius 1 is 0.971 bits per heavy atom. The lowest BCUT2D eigenvalue weighted by Crippen LogP contribution is -2.53. The molecular weight excluding hydrogens is 430 g/mol. The van der Waals surface area contributed by atoms with Gasteiger partial charge in [0.15, 0.2) is 11.6 Å². The molecule has 0 radical (unpaired) electrons. The summed E-state index contributed by atoms with van der Waals surface area (Å²) in [6, 6.07) is 13.3. The number of para-hydroxylation sites is 1. The molecule has 1 amide bonds. The minimum absolute atomic E-state index is 0.0489. The smallest absolute Gasteiger partial charge is 0.249 e. The number of rotatable bonds is 5. The van der Waals surface area contributed by atoms with Crippen molar-refractivity contribution >= 4 is 51.7 Å². The monoisotopic (exact) mass is 457 g/mol. The van der Waals surface area contributed by atoms with Crippen LogP contribution in [-0.2, 0) is 11.8 Å². The molecule has 1 aliphatic rings. The predicted molar refractivity (Wildman–Crippen MR) is 134 cm³/mol. The number of aryl methyl sites for hydroxylation is 1. The minimum Gasteiger partial charge on any atom is -0.341 e. The Kier molecular flexibility index (Phi) is 5.27. The van der Waals surface area contributed by atoms with E-state index in [-0.39, 0.29) is 18.0 Å². The summed E-state index contributed by atoms with van der Waals surface area (Å²) in [5.41, 5.74) is 1.81. The van der Waals surface area contributed by atoms with Gasteiger partial charge in [-0.3, -0.25) is 9.48 Å². The molecule has 0 unspecified atom stereocenters. The first-order valence-electron chi connectivity index (χ1n) is 11.2. The molecule has 0 aliphatic carbocycles. The molecule has 2 N–H and O–H groups in total. The van der Waals surface area contributed by atoms with E-state index in [1.807, 2.05) is 60.0 Å². The zero-order valence-corrected chi connectivity index (χ0v) is 19.8. The quantitative estimate of drug-likeness (QED) is 0.466. The summed E-state index contributed by atoms with van der Waals surface area (Å²) >= 11 is 0. The molecule has 34 heavy (non-hydrogen) atoms. The molecule has 174 valence electrons. The van der Waals surface area contributed by atoms with Crippen LogP contribution in [0.2, 0.25) is 0 Å². The standard InChI is InChI=1S/C24H27N9O/c1-14(2)33-15(3)23(34)31(4)18-10-11-19(27-22(18)33)28-24-25-13-12-20(29-24)26-21-16-8-6-7-9-17(16)32(5)30-21/h6-15H,1-5H3,(H2,25,26,27,28,29,30)/t15-/m1/s1. The van der Waals surface area contributed by atoms with Crippen LogP contribution in [-0.4, -0.2) is 49.8 Å². The fourth-order valence-corrected chi connectivity index (χ4v) is 4.39. The van der Waals surface area contributed by atoms with E-state index in [2.05, 4.69) is 39.5 Å². The van der Waals surface area contributed by atoms with Gasteiger partial charge in [0.25, 0.3) is 0 Å². The SMILES string of the molecule is CC(C)N1c2nc(Nc3nccc(Nc4nn(C)c5ccccc45)n3)ccc2N(C)C(=O)[C@H]1C. The van der Waals surface area contributed by atoms with E-state index in [4.69, 9.17) is 4.98 Å². The Morgan fingerprint density at radius 2 is 1.74 bits per heavy atom. The average Bonchev–Trinajstić information content (AvgIpc) is 3.13. The fourth-order valence-electron chi connectivity index (χ4n) is 4.39. The van der Waals surface area contributed by atoms with Crippen molar-refractivity contribution in [2.45, 2.75) is 32.9 Å². The first kappa shape index (κ1) is 21.6. The van der Waals surface area contributed by atoms with Gasteiger partial charge in [-0.25, -0.2) is 9.97 Å². The Bertz CT molecular complexity index is 1380. The number of carbonyl (C=O) groups excluding carboxylic acids is 1. The highest BCUT2D eigenvalue weighted by Crippen LogP contribution is 2.36. The Morgan fingerprint density at radius 3 is 2.53 bits per heavy atom. The normalized spacial score (nSPS) is 15.7. The van der Waals surface area contributed by atoms with Gasteiger partial charge in [-0.05, 0) is 51.1 Å². The summed E-state index contributed by atoms with van der Waals surface area (Å²) in [4.78, 5) is 30.1. The molecule has 1 aromatic carbocycles. The highest BCUT2D eigenvalue weighted by atomic mass is 16.2. The third-order valence-electron chi connectivity index (χ3n) is 6.02. The highest BCUT2D eigenvalue weighted by molar-refractivity contribution is 6.04. The van der Waals surface area contributed by atoms with Crippen molar-refractivity contribution in [3.05, 3.63) is 48.7 Å². The summed E-state index contributed by atoms with van der Waals surface area (Å²) in [6.45, 7) is 6.02. The van der Waals surface area contributed by atoms with Gasteiger partial charge < -0.3 is 20.4 Å². The molecule has 0 saturated carbocycles. The largest absolute Gasteiger partial charge is 0.341 e. The van der Waals surface area contributed by atoms with Crippen LogP contribution in [0.4, 0.5) is 34.9 Å². The van der Waals surface area contributed by atoms with Crippen molar-refractivity contribution in [1.82, 2.24) is 24.7 Å². The van der Waals surface area contributed by atoms with Crippen molar-refractivity contribution in [3.8, 4) is 0 Å². The number of hydrogen-bond acceptors (Lipinski definition) is 8. The van der Waals surface area contributed by atoms with Gasteiger partial charge in [0, 0.05) is 31.7 Å². The summed E-state index contributed by atoms with van der Waals surface area (Å²) < 4.78 is 1.83. The van der Waals surface area contributed by atoms with Gasteiger partial charge in [0.2, 0.25) is 11.9 Å². The number of anilines is 6. The Balaban J connectivity index is 1.43. The van der Waals surface area contributed by atoms with E-state index in [0.717, 1.165) is 28.2 Å². The number of hydrogen-bond donors (Lipinski definition) is 2. The molecule has 10 heteroatoms. The number of amides is 1. The maximum atomic E-state index is 12.7. The number of aromatic nitrogens is 5. The van der Waals surface area contributed by atoms with E-state index in [0.29, 0.717) is 17.6 Å². The number of carbonyl (C=O) groups is 1. The van der Waals surface area contributed by atoms with E-state index in [9.17, 15) is 4.79 Å². The molecule has 0 spiro atoms. The van der Waals surface area contributed by atoms with Crippen LogP contribution < -0.4 is 20.4 Å². The average molecular weight is 458 g/mol. The second kappa shape index (κ2) is 8.29. The molecule has 0 saturated heterocycles. The predicted octanol–water partition coefficient (Wildman–Crippen LogP) is 3.83. The van der Waals surface area contributed by atoms with E-state index in [1.165, 1.54) is 0 Å². The maximum absolute atomic E-state index is 12.7. The molecule has 4 aromatic rings. The van der Waals surface area contributed by atoms with Crippen LogP contribution in [0.3, 0.4) is 0 Å². The second-order valence-electron chi connectivity index (χ2n) is 8.62. The molecule has 1 aliphatic heterocycles. The molecular formula is C24H27N9O. The lowest BCUT2D eigenvalue weighted by molar-refractivity contribution is -0.119. The van der Waals surface area contributed by atoms with Crippen molar-refractivity contribution in [1.29, 1.82) is 0 Å². The van der Waals surface area contributed by atoms with E-state index < -0.39 is 0 Å². The van der Waals surface area contributed by atoms with Crippen molar-refractivity contribution in [2.75, 3.05) is 27.5 Å². The molecule has 4 heterocycles. The van der Waals surface area contributed by atoms with Crippen LogP contribution in [0.25, 0.3) is 10.9 Å². The molecule has 1 atom stereocenters. The summed E-state index contributed by atoms with van der Waals surface area (Å²) in [5.74, 6) is 3.14. The Hall–Kier alpha value is -4.21. The number of nitrogens with zero attached hydrogens (tertiary/aromatic N) is 7. The van der Waals surface area contributed by atoms with Crippen molar-refractivity contribution in [2.24, 2.45) is 7.05 Å². The number of nitrogens with one attached hydrogen (secondary N) is 2. The topological polar surface area (TPSA) is 104 Å². The van der Waals surface area contributed by atoms with Crippen molar-refractivity contribution < 1.29 is 4.79 Å². The highest BCUT2D eigenvalue weighted by Gasteiger charge is 2.36. The van der Waals surface area contributed by atoms with Gasteiger partial charge in [-0.15, -0.1) is 0 Å². The third kappa shape index (κ3) is 3.66. The summed E-state index contributed by atoms with van der Waals surface area (Å²) in [5, 5.41) is 12.1. The number of benzene rings is 1. The van der Waals surface area contributed by atoms with Crippen LogP contribution in [0.5, 0.6) is 0 Å². The van der Waals surface area contributed by atoms with Crippen LogP contribution >= 0.6 is 0 Å². The summed E-state index contributed by atoms with van der Waals surface area (Å²) in [7, 11) is 3.69. The molecule has 0 fully saturated rings. The van der Waals surface area contributed by atoms with Crippen LogP contribution in [0, 0.1) is 0 Å². The van der Waals surface area contributed by atoms with Gasteiger partial charge >= 0.3 is 0 Å². The third-order valence-corrected chi connectivity index (χ3v) is 6.02. The second-order valence-corrected chi connectivity index (χ2v) is 8.62. The fraction of sp³-hybridized carbons (Fsp3) is 0.292. The number of fused-ring (bicyclic) bond motifs is 2. The first-order valence-corrected chi connectivity index (χ1v) is 11.2. The number of likely N-dealkylation sites (N-methyl/N-ethyl adjacent to an activating group) is 1. The van der Waals surface area contributed by atoms with E-state index >= 15 is 0 Å². The van der Waals surface area contributed by atoms with Crippen LogP contribution in [0.15, 0.2) is 48.7 Å². The van der Waals surface area contributed by atoms with Gasteiger partial charge in [0.1, 0.15) is 17.7 Å². The first-order chi connectivity index (χ1) is 16.3. The zero-order valence-electron chi connectivity index (χ0n) is 19.8. The number of pyridine rings is 1. The molecule has 10 nitrogen and oxygen atoms in total. The van der Waals surface area contributed by atoms with Gasteiger partial charge in [-0.1, -0.05) is 12.1 Å². The minimum atomic E-state index is -0.294.